The normalized spacial score (nSPS) is 17.0. The van der Waals surface area contributed by atoms with E-state index in [1.54, 1.807) is 12.1 Å². The number of nitrogens with one attached hydrogen (secondary N) is 1. The van der Waals surface area contributed by atoms with E-state index in [-0.39, 0.29) is 5.78 Å². The maximum Gasteiger partial charge on any atom is 0.187 e. The molecule has 2 rings (SSSR count). The van der Waals surface area contributed by atoms with Gasteiger partial charge < -0.3 is 11.1 Å². The molecule has 96 valence electrons. The second-order valence-electron chi connectivity index (χ2n) is 4.81. The Morgan fingerprint density at radius 1 is 1.28 bits per heavy atom. The standard InChI is InChI=1S/C15H20N2O/c16-13(11-17-14-8-4-5-9-14)10-15(18)12-6-2-1-3-7-12/h1-3,6-7,10,14,17H,4-5,8-9,11,16H2/b13-10-. The van der Waals surface area contributed by atoms with Crippen molar-refractivity contribution < 1.29 is 4.79 Å². The van der Waals surface area contributed by atoms with Gasteiger partial charge in [-0.2, -0.15) is 0 Å². The molecule has 1 aliphatic carbocycles. The van der Waals surface area contributed by atoms with Gasteiger partial charge in [0.2, 0.25) is 0 Å². The number of carbonyl (C=O) groups excluding carboxylic acids is 1. The van der Waals surface area contributed by atoms with Gasteiger partial charge in [-0.25, -0.2) is 0 Å². The molecule has 0 radical (unpaired) electrons. The quantitative estimate of drug-likeness (QED) is 0.617. The van der Waals surface area contributed by atoms with Crippen LogP contribution in [-0.4, -0.2) is 18.4 Å². The first-order valence-corrected chi connectivity index (χ1v) is 6.54. The smallest absolute Gasteiger partial charge is 0.187 e. The third-order valence-corrected chi connectivity index (χ3v) is 3.32. The van der Waals surface area contributed by atoms with Crippen molar-refractivity contribution in [3.05, 3.63) is 47.7 Å². The molecule has 3 nitrogen and oxygen atoms in total. The summed E-state index contributed by atoms with van der Waals surface area (Å²) >= 11 is 0. The summed E-state index contributed by atoms with van der Waals surface area (Å²) in [7, 11) is 0. The highest BCUT2D eigenvalue weighted by molar-refractivity contribution is 6.04. The highest BCUT2D eigenvalue weighted by Crippen LogP contribution is 2.17. The molecule has 3 N–H and O–H groups in total. The van der Waals surface area contributed by atoms with Crippen LogP contribution in [-0.2, 0) is 0 Å². The first kappa shape index (κ1) is 12.8. The van der Waals surface area contributed by atoms with Gasteiger partial charge in [0.25, 0.3) is 0 Å². The number of rotatable bonds is 5. The molecule has 0 amide bonds. The van der Waals surface area contributed by atoms with E-state index in [9.17, 15) is 4.79 Å². The van der Waals surface area contributed by atoms with Crippen molar-refractivity contribution in [1.29, 1.82) is 0 Å². The summed E-state index contributed by atoms with van der Waals surface area (Å²) in [5, 5.41) is 3.39. The summed E-state index contributed by atoms with van der Waals surface area (Å²) in [5.74, 6) is -0.0266. The monoisotopic (exact) mass is 244 g/mol. The maximum atomic E-state index is 11.9. The van der Waals surface area contributed by atoms with Gasteiger partial charge in [0.05, 0.1) is 0 Å². The highest BCUT2D eigenvalue weighted by Gasteiger charge is 2.13. The van der Waals surface area contributed by atoms with E-state index in [1.807, 2.05) is 18.2 Å². The van der Waals surface area contributed by atoms with Crippen LogP contribution in [0.1, 0.15) is 36.0 Å². The zero-order chi connectivity index (χ0) is 12.8. The molecule has 18 heavy (non-hydrogen) atoms. The molecule has 0 unspecified atom stereocenters. The first-order valence-electron chi connectivity index (χ1n) is 6.54. The average molecular weight is 244 g/mol. The van der Waals surface area contributed by atoms with E-state index in [0.717, 1.165) is 0 Å². The molecule has 3 heteroatoms. The molecule has 0 atom stereocenters. The second-order valence-corrected chi connectivity index (χ2v) is 4.81. The van der Waals surface area contributed by atoms with E-state index in [1.165, 1.54) is 31.8 Å². The minimum Gasteiger partial charge on any atom is -0.401 e. The van der Waals surface area contributed by atoms with Crippen LogP contribution < -0.4 is 11.1 Å². The molecule has 1 fully saturated rings. The second kappa shape index (κ2) is 6.36. The molecule has 0 saturated heterocycles. The Morgan fingerprint density at radius 3 is 2.61 bits per heavy atom. The molecule has 1 saturated carbocycles. The van der Waals surface area contributed by atoms with Gasteiger partial charge in [0.15, 0.2) is 5.78 Å². The van der Waals surface area contributed by atoms with Gasteiger partial charge in [-0.1, -0.05) is 43.2 Å². The Morgan fingerprint density at radius 2 is 1.94 bits per heavy atom. The molecule has 0 aromatic heterocycles. The molecule has 1 aromatic rings. The van der Waals surface area contributed by atoms with Crippen molar-refractivity contribution in [3.63, 3.8) is 0 Å². The summed E-state index contributed by atoms with van der Waals surface area (Å²) in [6, 6.07) is 9.78. The lowest BCUT2D eigenvalue weighted by molar-refractivity contribution is 0.104. The van der Waals surface area contributed by atoms with Gasteiger partial charge in [-0.15, -0.1) is 0 Å². The molecule has 1 aromatic carbocycles. The minimum absolute atomic E-state index is 0.0266. The van der Waals surface area contributed by atoms with Crippen molar-refractivity contribution >= 4 is 5.78 Å². The zero-order valence-corrected chi connectivity index (χ0v) is 10.6. The van der Waals surface area contributed by atoms with E-state index >= 15 is 0 Å². The molecule has 0 bridgehead atoms. The summed E-state index contributed by atoms with van der Waals surface area (Å²) in [6.45, 7) is 0.600. The van der Waals surface area contributed by atoms with E-state index < -0.39 is 0 Å². The number of carbonyl (C=O) groups is 1. The molecule has 1 aliphatic rings. The number of hydrogen-bond donors (Lipinski definition) is 2. The van der Waals surface area contributed by atoms with Crippen molar-refractivity contribution in [2.45, 2.75) is 31.7 Å². The molecular formula is C15H20N2O. The van der Waals surface area contributed by atoms with Crippen molar-refractivity contribution in [1.82, 2.24) is 5.32 Å². The van der Waals surface area contributed by atoms with Crippen LogP contribution in [0.4, 0.5) is 0 Å². The predicted octanol–water partition coefficient (Wildman–Crippen LogP) is 2.24. The van der Waals surface area contributed by atoms with Gasteiger partial charge in [0.1, 0.15) is 0 Å². The average Bonchev–Trinajstić information content (AvgIpc) is 2.90. The number of hydrogen-bond acceptors (Lipinski definition) is 3. The number of allylic oxidation sites excluding steroid dienone is 1. The van der Waals surface area contributed by atoms with Crippen molar-refractivity contribution in [3.8, 4) is 0 Å². The fourth-order valence-electron chi connectivity index (χ4n) is 2.30. The van der Waals surface area contributed by atoms with Crippen LogP contribution in [0.15, 0.2) is 42.1 Å². The van der Waals surface area contributed by atoms with Crippen molar-refractivity contribution in [2.24, 2.45) is 5.73 Å². The van der Waals surface area contributed by atoms with Gasteiger partial charge >= 0.3 is 0 Å². The van der Waals surface area contributed by atoms with Crippen LogP contribution in [0.3, 0.4) is 0 Å². The van der Waals surface area contributed by atoms with Gasteiger partial charge in [-0.05, 0) is 12.8 Å². The Kier molecular flexibility index (Phi) is 4.53. The number of benzene rings is 1. The fourth-order valence-corrected chi connectivity index (χ4v) is 2.30. The van der Waals surface area contributed by atoms with Gasteiger partial charge in [0, 0.05) is 29.9 Å². The summed E-state index contributed by atoms with van der Waals surface area (Å²) in [5.41, 5.74) is 7.16. The van der Waals surface area contributed by atoms with Crippen molar-refractivity contribution in [2.75, 3.05) is 6.54 Å². The van der Waals surface area contributed by atoms with Crippen LogP contribution in [0.5, 0.6) is 0 Å². The van der Waals surface area contributed by atoms with Crippen LogP contribution in [0.2, 0.25) is 0 Å². The maximum absolute atomic E-state index is 11.9. The lowest BCUT2D eigenvalue weighted by Crippen LogP contribution is -2.30. The van der Waals surface area contributed by atoms with E-state index in [4.69, 9.17) is 5.73 Å². The fraction of sp³-hybridized carbons (Fsp3) is 0.400. The topological polar surface area (TPSA) is 55.1 Å². The zero-order valence-electron chi connectivity index (χ0n) is 10.6. The third-order valence-electron chi connectivity index (χ3n) is 3.32. The Balaban J connectivity index is 1.85. The highest BCUT2D eigenvalue weighted by atomic mass is 16.1. The number of nitrogens with two attached hydrogens (primary N) is 1. The first-order chi connectivity index (χ1) is 8.75. The largest absolute Gasteiger partial charge is 0.401 e. The predicted molar refractivity (Wildman–Crippen MR) is 73.3 cm³/mol. The molecular weight excluding hydrogens is 224 g/mol. The SMILES string of the molecule is N/C(=C\C(=O)c1ccccc1)CNC1CCCC1. The van der Waals surface area contributed by atoms with Crippen LogP contribution in [0.25, 0.3) is 0 Å². The summed E-state index contributed by atoms with van der Waals surface area (Å²) < 4.78 is 0. The summed E-state index contributed by atoms with van der Waals surface area (Å²) in [6.07, 6.45) is 6.56. The Hall–Kier alpha value is -1.61. The van der Waals surface area contributed by atoms with E-state index in [0.29, 0.717) is 23.8 Å². The Bertz CT molecular complexity index is 419. The molecule has 0 aliphatic heterocycles. The molecule has 0 heterocycles. The lowest BCUT2D eigenvalue weighted by atomic mass is 10.1. The van der Waals surface area contributed by atoms with Crippen LogP contribution >= 0.6 is 0 Å². The Labute approximate surface area is 108 Å². The third kappa shape index (κ3) is 3.70. The van der Waals surface area contributed by atoms with E-state index in [2.05, 4.69) is 5.32 Å². The van der Waals surface area contributed by atoms with Crippen LogP contribution in [0, 0.1) is 0 Å². The van der Waals surface area contributed by atoms with Gasteiger partial charge in [-0.3, -0.25) is 4.79 Å². The lowest BCUT2D eigenvalue weighted by Gasteiger charge is -2.11. The molecule has 0 spiro atoms. The summed E-state index contributed by atoms with van der Waals surface area (Å²) in [4.78, 5) is 11.9. The number of ketones is 1. The minimum atomic E-state index is -0.0266.